The van der Waals surface area contributed by atoms with Crippen molar-refractivity contribution in [3.63, 3.8) is 0 Å². The SMILES string of the molecule is C=CCC[C@@H](O[Si](C)(C)C(C)(C)C)[C@H]1[C@@H](C)[C@@H](OC(C)=O)C[C@H]2C(C)(C)O[C@@H]3OCCC[C@]312. The number of rotatable bonds is 7. The molecule has 33 heavy (non-hydrogen) atoms. The number of hydrogen-bond acceptors (Lipinski definition) is 5. The van der Waals surface area contributed by atoms with Crippen LogP contribution >= 0.6 is 0 Å². The van der Waals surface area contributed by atoms with Crippen LogP contribution in [-0.2, 0) is 23.4 Å². The van der Waals surface area contributed by atoms with Crippen LogP contribution in [0.5, 0.6) is 0 Å². The van der Waals surface area contributed by atoms with Gasteiger partial charge in [0.25, 0.3) is 0 Å². The summed E-state index contributed by atoms with van der Waals surface area (Å²) in [5, 5.41) is 0.109. The molecule has 5 nitrogen and oxygen atoms in total. The van der Waals surface area contributed by atoms with Crippen molar-refractivity contribution in [3.8, 4) is 0 Å². The molecule has 3 rings (SSSR count). The minimum atomic E-state index is -2.05. The van der Waals surface area contributed by atoms with E-state index < -0.39 is 8.32 Å². The van der Waals surface area contributed by atoms with Gasteiger partial charge in [-0.3, -0.25) is 4.79 Å². The molecular formula is C27H48O5Si. The first kappa shape index (κ1) is 26.9. The number of carbonyl (C=O) groups is 1. The molecule has 1 spiro atoms. The number of carbonyl (C=O) groups excluding carboxylic acids is 1. The standard InChI is InChI=1S/C27H48O5Si/c1-11-12-14-20(32-33(9,10)25(4,5)6)23-18(2)21(30-19(3)28)17-22-26(7,8)31-24-27(22,23)15-13-16-29-24/h11,18,20-24H,1,12-17H2,2-10H3/t18-,20+,21-,22-,23+,24-,27+/m0/s1. The summed E-state index contributed by atoms with van der Waals surface area (Å²) in [5.74, 6) is 0.381. The maximum Gasteiger partial charge on any atom is 0.302 e. The minimum absolute atomic E-state index is 0.0430. The molecule has 0 radical (unpaired) electrons. The molecule has 2 heterocycles. The molecule has 0 aromatic carbocycles. The van der Waals surface area contributed by atoms with Gasteiger partial charge in [-0.05, 0) is 70.0 Å². The molecule has 0 unspecified atom stereocenters. The van der Waals surface area contributed by atoms with Crippen molar-refractivity contribution in [2.75, 3.05) is 6.61 Å². The molecule has 6 heteroatoms. The molecule has 3 aliphatic rings. The Bertz CT molecular complexity index is 727. The van der Waals surface area contributed by atoms with E-state index in [1.165, 1.54) is 6.92 Å². The fourth-order valence-electron chi connectivity index (χ4n) is 6.76. The van der Waals surface area contributed by atoms with Gasteiger partial charge in [0.05, 0.1) is 5.60 Å². The predicted molar refractivity (Wildman–Crippen MR) is 134 cm³/mol. The van der Waals surface area contributed by atoms with Gasteiger partial charge >= 0.3 is 5.97 Å². The van der Waals surface area contributed by atoms with Crippen LogP contribution in [0.2, 0.25) is 18.1 Å². The zero-order valence-corrected chi connectivity index (χ0v) is 23.5. The second-order valence-electron chi connectivity index (χ2n) is 12.7. The van der Waals surface area contributed by atoms with Gasteiger partial charge in [0.1, 0.15) is 6.10 Å². The molecule has 2 saturated heterocycles. The summed E-state index contributed by atoms with van der Waals surface area (Å²) in [6, 6.07) is 0. The van der Waals surface area contributed by atoms with Gasteiger partial charge in [-0.2, -0.15) is 0 Å². The third-order valence-electron chi connectivity index (χ3n) is 9.23. The molecule has 0 amide bonds. The van der Waals surface area contributed by atoms with E-state index in [2.05, 4.69) is 61.2 Å². The molecule has 0 aromatic rings. The largest absolute Gasteiger partial charge is 0.462 e. The van der Waals surface area contributed by atoms with Gasteiger partial charge in [0.15, 0.2) is 14.6 Å². The monoisotopic (exact) mass is 480 g/mol. The Kier molecular flexibility index (Phi) is 7.66. The molecule has 0 aromatic heterocycles. The van der Waals surface area contributed by atoms with Crippen molar-refractivity contribution in [1.29, 1.82) is 0 Å². The maximum atomic E-state index is 12.1. The normalized spacial score (nSPS) is 37.1. The lowest BCUT2D eigenvalue weighted by atomic mass is 9.50. The van der Waals surface area contributed by atoms with E-state index in [0.29, 0.717) is 0 Å². The number of hydrogen-bond donors (Lipinski definition) is 0. The Morgan fingerprint density at radius 3 is 2.55 bits per heavy atom. The van der Waals surface area contributed by atoms with Crippen LogP contribution in [0.15, 0.2) is 12.7 Å². The van der Waals surface area contributed by atoms with Crippen LogP contribution in [0, 0.1) is 23.2 Å². The molecule has 0 N–H and O–H groups in total. The van der Waals surface area contributed by atoms with E-state index in [4.69, 9.17) is 18.6 Å². The molecule has 0 bridgehead atoms. The van der Waals surface area contributed by atoms with Crippen molar-refractivity contribution in [2.24, 2.45) is 23.2 Å². The number of ether oxygens (including phenoxy) is 3. The summed E-state index contributed by atoms with van der Waals surface area (Å²) < 4.78 is 26.2. The van der Waals surface area contributed by atoms with E-state index >= 15 is 0 Å². The third kappa shape index (κ3) is 4.87. The number of allylic oxidation sites excluding steroid dienone is 1. The summed E-state index contributed by atoms with van der Waals surface area (Å²) in [7, 11) is -2.05. The average Bonchev–Trinajstić information content (AvgIpc) is 2.91. The highest BCUT2D eigenvalue weighted by atomic mass is 28.4. The van der Waals surface area contributed by atoms with Gasteiger partial charge in [-0.25, -0.2) is 0 Å². The van der Waals surface area contributed by atoms with E-state index in [0.717, 1.165) is 38.7 Å². The van der Waals surface area contributed by atoms with Crippen LogP contribution < -0.4 is 0 Å². The summed E-state index contributed by atoms with van der Waals surface area (Å²) >= 11 is 0. The average molecular weight is 481 g/mol. The van der Waals surface area contributed by atoms with Crippen LogP contribution in [-0.4, -0.2) is 45.0 Å². The summed E-state index contributed by atoms with van der Waals surface area (Å²) in [5.41, 5.74) is -0.474. The van der Waals surface area contributed by atoms with Gasteiger partial charge < -0.3 is 18.6 Å². The van der Waals surface area contributed by atoms with Crippen LogP contribution in [0.25, 0.3) is 0 Å². The summed E-state index contributed by atoms with van der Waals surface area (Å²) in [6.07, 6.45) is 6.41. The smallest absolute Gasteiger partial charge is 0.302 e. The fourth-order valence-corrected chi connectivity index (χ4v) is 8.13. The Balaban J connectivity index is 2.12. The lowest BCUT2D eigenvalue weighted by Gasteiger charge is -2.58. The molecule has 1 saturated carbocycles. The van der Waals surface area contributed by atoms with Gasteiger partial charge in [-0.15, -0.1) is 6.58 Å². The van der Waals surface area contributed by atoms with Crippen LogP contribution in [0.4, 0.5) is 0 Å². The second kappa shape index (κ2) is 9.40. The van der Waals surface area contributed by atoms with Crippen molar-refractivity contribution in [3.05, 3.63) is 12.7 Å². The van der Waals surface area contributed by atoms with Crippen molar-refractivity contribution < 1.29 is 23.4 Å². The Labute approximate surface area is 203 Å². The van der Waals surface area contributed by atoms with Crippen molar-refractivity contribution in [2.45, 2.75) is 123 Å². The predicted octanol–water partition coefficient (Wildman–Crippen LogP) is 6.48. The summed E-state index contributed by atoms with van der Waals surface area (Å²) in [6.45, 7) is 24.5. The van der Waals surface area contributed by atoms with E-state index in [9.17, 15) is 4.79 Å². The third-order valence-corrected chi connectivity index (χ3v) is 13.7. The zero-order valence-electron chi connectivity index (χ0n) is 22.5. The lowest BCUT2D eigenvalue weighted by Crippen LogP contribution is -2.62. The molecule has 3 fully saturated rings. The Morgan fingerprint density at radius 2 is 1.97 bits per heavy atom. The van der Waals surface area contributed by atoms with E-state index in [-0.39, 0.29) is 58.3 Å². The van der Waals surface area contributed by atoms with Gasteiger partial charge in [-0.1, -0.05) is 33.8 Å². The first-order chi connectivity index (χ1) is 15.2. The molecule has 1 aliphatic carbocycles. The first-order valence-corrected chi connectivity index (χ1v) is 15.8. The van der Waals surface area contributed by atoms with Gasteiger partial charge in [0.2, 0.25) is 0 Å². The molecular weight excluding hydrogens is 432 g/mol. The highest BCUT2D eigenvalue weighted by Gasteiger charge is 2.70. The van der Waals surface area contributed by atoms with Crippen LogP contribution in [0.1, 0.15) is 80.6 Å². The van der Waals surface area contributed by atoms with Crippen molar-refractivity contribution >= 4 is 14.3 Å². The summed E-state index contributed by atoms with van der Waals surface area (Å²) in [4.78, 5) is 12.1. The molecule has 2 aliphatic heterocycles. The highest BCUT2D eigenvalue weighted by Crippen LogP contribution is 2.66. The Hall–Kier alpha value is -0.693. The zero-order chi connectivity index (χ0) is 24.8. The first-order valence-electron chi connectivity index (χ1n) is 12.9. The van der Waals surface area contributed by atoms with E-state index in [1.54, 1.807) is 0 Å². The fraction of sp³-hybridized carbons (Fsp3) is 0.889. The Morgan fingerprint density at radius 1 is 1.30 bits per heavy atom. The second-order valence-corrected chi connectivity index (χ2v) is 17.5. The highest BCUT2D eigenvalue weighted by molar-refractivity contribution is 6.74. The molecule has 7 atom stereocenters. The van der Waals surface area contributed by atoms with Gasteiger partial charge in [0, 0.05) is 36.9 Å². The number of esters is 1. The topological polar surface area (TPSA) is 54.0 Å². The maximum absolute atomic E-state index is 12.1. The lowest BCUT2D eigenvalue weighted by molar-refractivity contribution is -0.245. The van der Waals surface area contributed by atoms with Crippen LogP contribution in [0.3, 0.4) is 0 Å². The minimum Gasteiger partial charge on any atom is -0.462 e. The van der Waals surface area contributed by atoms with E-state index in [1.807, 2.05) is 6.08 Å². The van der Waals surface area contributed by atoms with Crippen molar-refractivity contribution in [1.82, 2.24) is 0 Å². The quantitative estimate of drug-likeness (QED) is 0.237. The molecule has 190 valence electrons.